The highest BCUT2D eigenvalue weighted by Gasteiger charge is 1.96. The van der Waals surface area contributed by atoms with E-state index < -0.39 is 0 Å². The van der Waals surface area contributed by atoms with Crippen LogP contribution >= 0.6 is 0 Å². The molecule has 1 aromatic carbocycles. The molecule has 0 aromatic heterocycles. The van der Waals surface area contributed by atoms with Gasteiger partial charge in [0.25, 0.3) is 0 Å². The van der Waals surface area contributed by atoms with Crippen LogP contribution in [0.4, 0.5) is 0 Å². The molecule has 1 aromatic rings. The Labute approximate surface area is 100 Å². The van der Waals surface area contributed by atoms with Gasteiger partial charge in [-0.3, -0.25) is 0 Å². The van der Waals surface area contributed by atoms with Crippen molar-refractivity contribution in [2.24, 2.45) is 5.92 Å². The molecule has 0 amide bonds. The number of ether oxygens (including phenoxy) is 1. The van der Waals surface area contributed by atoms with Crippen molar-refractivity contribution in [2.45, 2.75) is 26.7 Å². The fraction of sp³-hybridized carbons (Fsp3) is 0.571. The minimum atomic E-state index is 0. The van der Waals surface area contributed by atoms with Gasteiger partial charge in [0, 0.05) is 1.43 Å². The highest BCUT2D eigenvalue weighted by atomic mass is 16.5. The molecule has 0 spiro atoms. The Morgan fingerprint density at radius 1 is 1.19 bits per heavy atom. The van der Waals surface area contributed by atoms with Gasteiger partial charge in [-0.25, -0.2) is 0 Å². The maximum Gasteiger partial charge on any atom is 0.118 e. The second kappa shape index (κ2) is 7.29. The number of benzene rings is 1. The van der Waals surface area contributed by atoms with Crippen molar-refractivity contribution in [3.8, 4) is 5.75 Å². The number of nitrogens with one attached hydrogen (secondary N) is 1. The molecule has 0 bridgehead atoms. The van der Waals surface area contributed by atoms with Crippen molar-refractivity contribution < 1.29 is 6.16 Å². The Kier molecular flexibility index (Phi) is 5.94. The van der Waals surface area contributed by atoms with Crippen LogP contribution < -0.4 is 10.1 Å². The fourth-order valence-electron chi connectivity index (χ4n) is 1.54. The van der Waals surface area contributed by atoms with E-state index in [4.69, 9.17) is 4.74 Å². The summed E-state index contributed by atoms with van der Waals surface area (Å²) in [6.07, 6.45) is 2.34. The van der Waals surface area contributed by atoms with Crippen LogP contribution in [0.5, 0.6) is 5.75 Å². The van der Waals surface area contributed by atoms with Gasteiger partial charge in [-0.05, 0) is 49.5 Å². The van der Waals surface area contributed by atoms with Crippen LogP contribution in [-0.2, 0) is 6.42 Å². The third-order valence-corrected chi connectivity index (χ3v) is 2.65. The summed E-state index contributed by atoms with van der Waals surface area (Å²) in [4.78, 5) is 0. The molecule has 2 heteroatoms. The summed E-state index contributed by atoms with van der Waals surface area (Å²) in [5.74, 6) is 1.71. The molecule has 0 saturated heterocycles. The molecule has 92 valence electrons. The van der Waals surface area contributed by atoms with E-state index in [0.29, 0.717) is 0 Å². The van der Waals surface area contributed by atoms with E-state index in [1.54, 1.807) is 7.11 Å². The number of rotatable bonds is 7. The zero-order valence-corrected chi connectivity index (χ0v) is 10.6. The SMILES string of the molecule is COc1ccc(CCNCCC(C)C)cc1.[HH]. The second-order valence-electron chi connectivity index (χ2n) is 4.53. The average molecular weight is 223 g/mol. The van der Waals surface area contributed by atoms with Crippen LogP contribution in [0, 0.1) is 5.92 Å². The molecule has 0 atom stereocenters. The topological polar surface area (TPSA) is 21.3 Å². The Morgan fingerprint density at radius 2 is 1.88 bits per heavy atom. The van der Waals surface area contributed by atoms with Crippen LogP contribution in [-0.4, -0.2) is 20.2 Å². The zero-order valence-electron chi connectivity index (χ0n) is 10.6. The van der Waals surface area contributed by atoms with Crippen molar-refractivity contribution in [3.63, 3.8) is 0 Å². The molecule has 0 aliphatic carbocycles. The first-order chi connectivity index (χ1) is 7.72. The first kappa shape index (κ1) is 13.0. The minimum absolute atomic E-state index is 0. The van der Waals surface area contributed by atoms with Gasteiger partial charge in [-0.2, -0.15) is 0 Å². The molecule has 0 aliphatic heterocycles. The Morgan fingerprint density at radius 3 is 2.44 bits per heavy atom. The summed E-state index contributed by atoms with van der Waals surface area (Å²) in [6.45, 7) is 6.68. The second-order valence-corrected chi connectivity index (χ2v) is 4.53. The fourth-order valence-corrected chi connectivity index (χ4v) is 1.54. The highest BCUT2D eigenvalue weighted by molar-refractivity contribution is 5.27. The molecular weight excluding hydrogens is 198 g/mol. The normalized spacial score (nSPS) is 10.8. The monoisotopic (exact) mass is 223 g/mol. The maximum absolute atomic E-state index is 5.12. The van der Waals surface area contributed by atoms with Crippen molar-refractivity contribution in [2.75, 3.05) is 20.2 Å². The third kappa shape index (κ3) is 5.17. The first-order valence-electron chi connectivity index (χ1n) is 6.06. The minimum Gasteiger partial charge on any atom is -0.497 e. The highest BCUT2D eigenvalue weighted by Crippen LogP contribution is 2.11. The van der Waals surface area contributed by atoms with Gasteiger partial charge in [0.05, 0.1) is 7.11 Å². The lowest BCUT2D eigenvalue weighted by Crippen LogP contribution is -2.19. The molecular formula is C14H25NO. The lowest BCUT2D eigenvalue weighted by Gasteiger charge is -2.07. The van der Waals surface area contributed by atoms with Crippen molar-refractivity contribution in [3.05, 3.63) is 29.8 Å². The lowest BCUT2D eigenvalue weighted by atomic mass is 10.1. The van der Waals surface area contributed by atoms with E-state index in [9.17, 15) is 0 Å². The molecule has 0 heterocycles. The summed E-state index contributed by atoms with van der Waals surface area (Å²) >= 11 is 0. The summed E-state index contributed by atoms with van der Waals surface area (Å²) in [5, 5.41) is 3.46. The summed E-state index contributed by atoms with van der Waals surface area (Å²) in [6, 6.07) is 8.29. The van der Waals surface area contributed by atoms with Gasteiger partial charge in [0.2, 0.25) is 0 Å². The van der Waals surface area contributed by atoms with Gasteiger partial charge in [-0.1, -0.05) is 26.0 Å². The molecule has 16 heavy (non-hydrogen) atoms. The Balaban J connectivity index is 0.00000256. The standard InChI is InChI=1S/C14H23NO.H2/c1-12(2)8-10-15-11-9-13-4-6-14(16-3)7-5-13;/h4-7,12,15H,8-11H2,1-3H3;1H. The Bertz CT molecular complexity index is 285. The van der Waals surface area contributed by atoms with Gasteiger partial charge < -0.3 is 10.1 Å². The summed E-state index contributed by atoms with van der Waals surface area (Å²) < 4.78 is 5.12. The van der Waals surface area contributed by atoms with Crippen molar-refractivity contribution >= 4 is 0 Å². The predicted octanol–water partition coefficient (Wildman–Crippen LogP) is 3.12. The van der Waals surface area contributed by atoms with E-state index in [1.807, 2.05) is 12.1 Å². The zero-order chi connectivity index (χ0) is 11.8. The summed E-state index contributed by atoms with van der Waals surface area (Å²) in [5.41, 5.74) is 1.36. The van der Waals surface area contributed by atoms with Crippen LogP contribution in [0.1, 0.15) is 27.3 Å². The van der Waals surface area contributed by atoms with Crippen molar-refractivity contribution in [1.82, 2.24) is 5.32 Å². The molecule has 0 aliphatic rings. The molecule has 0 saturated carbocycles. The van der Waals surface area contributed by atoms with E-state index in [0.717, 1.165) is 31.2 Å². The first-order valence-corrected chi connectivity index (χ1v) is 6.06. The molecule has 0 unspecified atom stereocenters. The molecule has 1 rings (SSSR count). The molecule has 1 N–H and O–H groups in total. The van der Waals surface area contributed by atoms with E-state index in [1.165, 1.54) is 12.0 Å². The third-order valence-electron chi connectivity index (χ3n) is 2.65. The van der Waals surface area contributed by atoms with Gasteiger partial charge in [0.1, 0.15) is 5.75 Å². The van der Waals surface area contributed by atoms with Crippen LogP contribution in [0.15, 0.2) is 24.3 Å². The molecule has 0 fully saturated rings. The number of methoxy groups -OCH3 is 1. The number of hydrogen-bond acceptors (Lipinski definition) is 2. The quantitative estimate of drug-likeness (QED) is 0.717. The Hall–Kier alpha value is -1.02. The largest absolute Gasteiger partial charge is 0.497 e. The van der Waals surface area contributed by atoms with Gasteiger partial charge in [0.15, 0.2) is 0 Å². The van der Waals surface area contributed by atoms with E-state index in [-0.39, 0.29) is 1.43 Å². The number of hydrogen-bond donors (Lipinski definition) is 1. The lowest BCUT2D eigenvalue weighted by molar-refractivity contribution is 0.414. The summed E-state index contributed by atoms with van der Waals surface area (Å²) in [7, 11) is 1.70. The van der Waals surface area contributed by atoms with Gasteiger partial charge >= 0.3 is 0 Å². The van der Waals surface area contributed by atoms with E-state index >= 15 is 0 Å². The molecule has 2 nitrogen and oxygen atoms in total. The smallest absolute Gasteiger partial charge is 0.118 e. The van der Waals surface area contributed by atoms with Crippen LogP contribution in [0.3, 0.4) is 0 Å². The average Bonchev–Trinajstić information content (AvgIpc) is 2.29. The predicted molar refractivity (Wildman–Crippen MR) is 71.1 cm³/mol. The molecule has 0 radical (unpaired) electrons. The van der Waals surface area contributed by atoms with Crippen LogP contribution in [0.2, 0.25) is 0 Å². The van der Waals surface area contributed by atoms with Crippen LogP contribution in [0.25, 0.3) is 0 Å². The van der Waals surface area contributed by atoms with E-state index in [2.05, 4.69) is 31.3 Å². The maximum atomic E-state index is 5.12. The van der Waals surface area contributed by atoms with Crippen molar-refractivity contribution in [1.29, 1.82) is 0 Å². The van der Waals surface area contributed by atoms with Gasteiger partial charge in [-0.15, -0.1) is 0 Å².